The van der Waals surface area contributed by atoms with Crippen molar-refractivity contribution in [3.63, 3.8) is 0 Å². The summed E-state index contributed by atoms with van der Waals surface area (Å²) in [4.78, 5) is 1.39. The molecule has 0 aromatic heterocycles. The molecule has 0 saturated heterocycles. The molecule has 0 nitrogen and oxygen atoms in total. The van der Waals surface area contributed by atoms with E-state index in [2.05, 4.69) is 52.6 Å². The highest BCUT2D eigenvalue weighted by Crippen LogP contribution is 2.25. The Morgan fingerprint density at radius 1 is 1.00 bits per heavy atom. The van der Waals surface area contributed by atoms with Gasteiger partial charge in [0.2, 0.25) is 0 Å². The standard InChI is InChI=1S/C10H20Br2/c1-4-9(10(12)5-2)7-6-8(3)11/h8-10H,4-7H2,1-3H3. The summed E-state index contributed by atoms with van der Waals surface area (Å²) in [5.41, 5.74) is 0. The highest BCUT2D eigenvalue weighted by atomic mass is 79.9. The minimum absolute atomic E-state index is 0.670. The fourth-order valence-corrected chi connectivity index (χ4v) is 2.32. The molecule has 0 fully saturated rings. The zero-order valence-electron chi connectivity index (χ0n) is 8.32. The van der Waals surface area contributed by atoms with Gasteiger partial charge in [-0.3, -0.25) is 0 Å². The van der Waals surface area contributed by atoms with Crippen molar-refractivity contribution in [2.45, 2.75) is 56.1 Å². The Morgan fingerprint density at radius 2 is 1.58 bits per heavy atom. The van der Waals surface area contributed by atoms with Crippen molar-refractivity contribution < 1.29 is 0 Å². The highest BCUT2D eigenvalue weighted by molar-refractivity contribution is 9.09. The molecule has 0 heterocycles. The summed E-state index contributed by atoms with van der Waals surface area (Å²) in [7, 11) is 0. The molecule has 0 amide bonds. The molecule has 0 aliphatic carbocycles. The van der Waals surface area contributed by atoms with E-state index in [0.717, 1.165) is 5.92 Å². The molecule has 12 heavy (non-hydrogen) atoms. The average molecular weight is 300 g/mol. The molecule has 2 heteroatoms. The van der Waals surface area contributed by atoms with Crippen LogP contribution in [0.5, 0.6) is 0 Å². The summed E-state index contributed by atoms with van der Waals surface area (Å²) in [5.74, 6) is 0.856. The van der Waals surface area contributed by atoms with Crippen molar-refractivity contribution in [3.8, 4) is 0 Å². The molecule has 0 saturated carbocycles. The molecule has 74 valence electrons. The first-order valence-electron chi connectivity index (χ1n) is 4.89. The van der Waals surface area contributed by atoms with Gasteiger partial charge >= 0.3 is 0 Å². The van der Waals surface area contributed by atoms with Crippen LogP contribution >= 0.6 is 31.9 Å². The van der Waals surface area contributed by atoms with E-state index in [0.29, 0.717) is 9.65 Å². The summed E-state index contributed by atoms with van der Waals surface area (Å²) in [5, 5.41) is 0. The third-order valence-corrected chi connectivity index (χ3v) is 4.21. The molecule has 0 aromatic carbocycles. The Balaban J connectivity index is 3.67. The van der Waals surface area contributed by atoms with E-state index in [1.54, 1.807) is 0 Å². The van der Waals surface area contributed by atoms with Crippen molar-refractivity contribution in [2.75, 3.05) is 0 Å². The number of rotatable bonds is 6. The third kappa shape index (κ3) is 5.58. The van der Waals surface area contributed by atoms with Crippen LogP contribution in [0.15, 0.2) is 0 Å². The van der Waals surface area contributed by atoms with Gasteiger partial charge in [-0.15, -0.1) is 0 Å². The van der Waals surface area contributed by atoms with Gasteiger partial charge in [0, 0.05) is 9.65 Å². The average Bonchev–Trinajstić information content (AvgIpc) is 2.04. The molecule has 0 spiro atoms. The maximum absolute atomic E-state index is 3.74. The van der Waals surface area contributed by atoms with Gasteiger partial charge in [0.05, 0.1) is 0 Å². The lowest BCUT2D eigenvalue weighted by atomic mass is 9.95. The fourth-order valence-electron chi connectivity index (χ4n) is 1.42. The first-order valence-corrected chi connectivity index (χ1v) is 6.73. The second-order valence-electron chi connectivity index (χ2n) is 3.45. The summed E-state index contributed by atoms with van der Waals surface area (Å²) in [6.07, 6.45) is 5.17. The summed E-state index contributed by atoms with van der Waals surface area (Å²) < 4.78 is 0. The smallest absolute Gasteiger partial charge is 0.0171 e. The molecular formula is C10H20Br2. The minimum atomic E-state index is 0.670. The van der Waals surface area contributed by atoms with E-state index < -0.39 is 0 Å². The van der Waals surface area contributed by atoms with Gasteiger partial charge in [0.1, 0.15) is 0 Å². The van der Waals surface area contributed by atoms with Crippen LogP contribution < -0.4 is 0 Å². The van der Waals surface area contributed by atoms with Crippen molar-refractivity contribution in [1.29, 1.82) is 0 Å². The van der Waals surface area contributed by atoms with Gasteiger partial charge in [0.25, 0.3) is 0 Å². The summed E-state index contributed by atoms with van der Waals surface area (Å²) in [6, 6.07) is 0. The molecule has 3 atom stereocenters. The predicted octanol–water partition coefficient (Wildman–Crippen LogP) is 4.75. The van der Waals surface area contributed by atoms with E-state index in [1.807, 2.05) is 0 Å². The lowest BCUT2D eigenvalue weighted by molar-refractivity contribution is 0.437. The van der Waals surface area contributed by atoms with Crippen molar-refractivity contribution in [2.24, 2.45) is 5.92 Å². The maximum atomic E-state index is 3.74. The van der Waals surface area contributed by atoms with E-state index in [9.17, 15) is 0 Å². The van der Waals surface area contributed by atoms with Crippen LogP contribution in [0.1, 0.15) is 46.5 Å². The Morgan fingerprint density at radius 3 is 1.92 bits per heavy atom. The van der Waals surface area contributed by atoms with Crippen LogP contribution in [0.4, 0.5) is 0 Å². The molecule has 3 unspecified atom stereocenters. The normalized spacial score (nSPS) is 18.8. The van der Waals surface area contributed by atoms with Gasteiger partial charge < -0.3 is 0 Å². The van der Waals surface area contributed by atoms with Crippen LogP contribution in [-0.2, 0) is 0 Å². The first kappa shape index (κ1) is 13.0. The van der Waals surface area contributed by atoms with Crippen molar-refractivity contribution in [1.82, 2.24) is 0 Å². The van der Waals surface area contributed by atoms with E-state index >= 15 is 0 Å². The quantitative estimate of drug-likeness (QED) is 0.621. The Bertz CT molecular complexity index is 102. The number of halogens is 2. The second-order valence-corrected chi connectivity index (χ2v) is 6.19. The van der Waals surface area contributed by atoms with Gasteiger partial charge in [-0.25, -0.2) is 0 Å². The minimum Gasteiger partial charge on any atom is -0.0894 e. The fraction of sp³-hybridized carbons (Fsp3) is 1.00. The van der Waals surface area contributed by atoms with Gasteiger partial charge in [-0.05, 0) is 25.2 Å². The van der Waals surface area contributed by atoms with Gasteiger partial charge in [-0.1, -0.05) is 59.1 Å². The number of alkyl halides is 2. The van der Waals surface area contributed by atoms with Crippen LogP contribution in [0.3, 0.4) is 0 Å². The summed E-state index contributed by atoms with van der Waals surface area (Å²) in [6.45, 7) is 6.76. The molecule has 0 radical (unpaired) electrons. The Kier molecular flexibility index (Phi) is 7.96. The van der Waals surface area contributed by atoms with Crippen molar-refractivity contribution >= 4 is 31.9 Å². The highest BCUT2D eigenvalue weighted by Gasteiger charge is 2.15. The maximum Gasteiger partial charge on any atom is 0.0171 e. The van der Waals surface area contributed by atoms with Gasteiger partial charge in [0.15, 0.2) is 0 Å². The van der Waals surface area contributed by atoms with Crippen LogP contribution in [0, 0.1) is 5.92 Å². The van der Waals surface area contributed by atoms with E-state index in [1.165, 1.54) is 25.7 Å². The zero-order valence-corrected chi connectivity index (χ0v) is 11.5. The molecule has 0 bridgehead atoms. The molecular weight excluding hydrogens is 280 g/mol. The molecule has 0 aliphatic rings. The summed E-state index contributed by atoms with van der Waals surface area (Å²) >= 11 is 7.33. The monoisotopic (exact) mass is 298 g/mol. The third-order valence-electron chi connectivity index (χ3n) is 2.36. The van der Waals surface area contributed by atoms with Crippen LogP contribution in [0.25, 0.3) is 0 Å². The lowest BCUT2D eigenvalue weighted by Crippen LogP contribution is -2.13. The number of hydrogen-bond acceptors (Lipinski definition) is 0. The zero-order chi connectivity index (χ0) is 9.56. The van der Waals surface area contributed by atoms with E-state index in [-0.39, 0.29) is 0 Å². The van der Waals surface area contributed by atoms with Crippen molar-refractivity contribution in [3.05, 3.63) is 0 Å². The van der Waals surface area contributed by atoms with Crippen LogP contribution in [-0.4, -0.2) is 9.65 Å². The van der Waals surface area contributed by atoms with Gasteiger partial charge in [-0.2, -0.15) is 0 Å². The van der Waals surface area contributed by atoms with E-state index in [4.69, 9.17) is 0 Å². The first-order chi connectivity index (χ1) is 5.61. The second kappa shape index (κ2) is 7.37. The largest absolute Gasteiger partial charge is 0.0894 e. The van der Waals surface area contributed by atoms with Crippen LogP contribution in [0.2, 0.25) is 0 Å². The lowest BCUT2D eigenvalue weighted by Gasteiger charge is -2.20. The molecule has 0 aliphatic heterocycles. The molecule has 0 aromatic rings. The molecule has 0 rings (SSSR count). The Hall–Kier alpha value is 0.960. The SMILES string of the molecule is CCC(Br)C(CC)CCC(C)Br. The topological polar surface area (TPSA) is 0 Å². The predicted molar refractivity (Wildman–Crippen MR) is 64.4 cm³/mol. The Labute approximate surface area is 93.8 Å². The molecule has 0 N–H and O–H groups in total. The number of hydrogen-bond donors (Lipinski definition) is 0.